The van der Waals surface area contributed by atoms with Gasteiger partial charge in [0.1, 0.15) is 5.60 Å². The van der Waals surface area contributed by atoms with Crippen LogP contribution >= 0.6 is 0 Å². The van der Waals surface area contributed by atoms with Gasteiger partial charge in [0, 0.05) is 19.3 Å². The van der Waals surface area contributed by atoms with E-state index in [-0.39, 0.29) is 17.2 Å². The fourth-order valence-electron chi connectivity index (χ4n) is 2.50. The summed E-state index contributed by atoms with van der Waals surface area (Å²) in [5, 5.41) is 2.73. The molecule has 1 aromatic carbocycles. The van der Waals surface area contributed by atoms with Crippen molar-refractivity contribution in [1.29, 1.82) is 0 Å². The third-order valence-electron chi connectivity index (χ3n) is 3.63. The van der Waals surface area contributed by atoms with Gasteiger partial charge in [-0.2, -0.15) is 0 Å². The number of hydrogen-bond donors (Lipinski definition) is 0. The minimum atomic E-state index is -3.27. The average molecular weight is 368 g/mol. The first-order chi connectivity index (χ1) is 11.5. The molecular formula is C17H24N2O5S. The second-order valence-corrected chi connectivity index (χ2v) is 9.08. The molecule has 1 saturated heterocycles. The molecule has 0 N–H and O–H groups in total. The van der Waals surface area contributed by atoms with Crippen molar-refractivity contribution in [3.63, 3.8) is 0 Å². The number of amides is 2. The molecule has 1 aromatic rings. The molecule has 0 spiro atoms. The smallest absolute Gasteiger partial charge is 0.429 e. The Bertz CT molecular complexity index is 750. The number of ether oxygens (including phenoxy) is 1. The van der Waals surface area contributed by atoms with Crippen LogP contribution in [0.5, 0.6) is 0 Å². The molecule has 8 heteroatoms. The topological polar surface area (TPSA) is 84.0 Å². The molecule has 0 aliphatic carbocycles. The third kappa shape index (κ3) is 5.19. The van der Waals surface area contributed by atoms with E-state index in [2.05, 4.69) is 0 Å². The standard InChI is InChI=1S/C17H24N2O5S/c1-17(2,3)24-16(21)19-11-5-10-18(19)15(20)12-13-6-8-14(9-7-13)25(4,22)23/h6-9H,5,10-12H2,1-4H3. The predicted molar refractivity (Wildman–Crippen MR) is 92.5 cm³/mol. The molecule has 1 fully saturated rings. The van der Waals surface area contributed by atoms with Crippen LogP contribution in [0.2, 0.25) is 0 Å². The van der Waals surface area contributed by atoms with Crippen LogP contribution in [0.15, 0.2) is 29.2 Å². The van der Waals surface area contributed by atoms with Gasteiger partial charge >= 0.3 is 6.09 Å². The highest BCUT2D eigenvalue weighted by atomic mass is 32.2. The van der Waals surface area contributed by atoms with E-state index >= 15 is 0 Å². The Hall–Kier alpha value is -2.09. The lowest BCUT2D eigenvalue weighted by molar-refractivity contribution is -0.142. The first kappa shape index (κ1) is 19.2. The first-order valence-electron chi connectivity index (χ1n) is 8.07. The molecule has 0 unspecified atom stereocenters. The Labute approximate surface area is 148 Å². The van der Waals surface area contributed by atoms with Crippen LogP contribution < -0.4 is 0 Å². The van der Waals surface area contributed by atoms with Crippen molar-refractivity contribution < 1.29 is 22.7 Å². The summed E-state index contributed by atoms with van der Waals surface area (Å²) in [5.41, 5.74) is 0.0593. The summed E-state index contributed by atoms with van der Waals surface area (Å²) in [6.07, 6.45) is 1.38. The predicted octanol–water partition coefficient (Wildman–Crippen LogP) is 2.02. The Morgan fingerprint density at radius 3 is 2.16 bits per heavy atom. The van der Waals surface area contributed by atoms with Gasteiger partial charge in [-0.15, -0.1) is 0 Å². The summed E-state index contributed by atoms with van der Waals surface area (Å²) in [4.78, 5) is 25.0. The van der Waals surface area contributed by atoms with Gasteiger partial charge in [0.15, 0.2) is 9.84 Å². The number of hydrazine groups is 1. The molecule has 0 aromatic heterocycles. The van der Waals surface area contributed by atoms with Crippen LogP contribution in [-0.4, -0.2) is 55.4 Å². The fraction of sp³-hybridized carbons (Fsp3) is 0.529. The average Bonchev–Trinajstić information content (AvgIpc) is 2.94. The molecule has 7 nitrogen and oxygen atoms in total. The zero-order chi connectivity index (χ0) is 18.8. The third-order valence-corrected chi connectivity index (χ3v) is 4.76. The van der Waals surface area contributed by atoms with Gasteiger partial charge in [0.2, 0.25) is 5.91 Å². The lowest BCUT2D eigenvalue weighted by Gasteiger charge is -2.30. The lowest BCUT2D eigenvalue weighted by Crippen LogP contribution is -2.47. The summed E-state index contributed by atoms with van der Waals surface area (Å²) >= 11 is 0. The number of sulfone groups is 1. The number of carbonyl (C=O) groups is 2. The van der Waals surface area contributed by atoms with E-state index in [0.717, 1.165) is 6.26 Å². The summed E-state index contributed by atoms with van der Waals surface area (Å²) < 4.78 is 28.3. The highest BCUT2D eigenvalue weighted by Gasteiger charge is 2.33. The van der Waals surface area contributed by atoms with Crippen molar-refractivity contribution >= 4 is 21.8 Å². The van der Waals surface area contributed by atoms with Gasteiger partial charge in [-0.25, -0.2) is 23.2 Å². The lowest BCUT2D eigenvalue weighted by atomic mass is 10.1. The second-order valence-electron chi connectivity index (χ2n) is 7.07. The van der Waals surface area contributed by atoms with Gasteiger partial charge in [-0.1, -0.05) is 12.1 Å². The minimum absolute atomic E-state index is 0.0866. The van der Waals surface area contributed by atoms with Gasteiger partial charge in [0.25, 0.3) is 0 Å². The van der Waals surface area contributed by atoms with Crippen LogP contribution in [0.25, 0.3) is 0 Å². The van der Waals surface area contributed by atoms with E-state index in [0.29, 0.717) is 25.1 Å². The zero-order valence-electron chi connectivity index (χ0n) is 15.0. The molecule has 25 heavy (non-hydrogen) atoms. The fourth-order valence-corrected chi connectivity index (χ4v) is 3.13. The monoisotopic (exact) mass is 368 g/mol. The van der Waals surface area contributed by atoms with Crippen LogP contribution in [-0.2, 0) is 25.8 Å². The molecule has 1 aliphatic rings. The Morgan fingerprint density at radius 1 is 1.08 bits per heavy atom. The molecule has 2 amide bonds. The molecule has 0 atom stereocenters. The molecule has 0 bridgehead atoms. The number of benzene rings is 1. The second kappa shape index (κ2) is 7.03. The summed E-state index contributed by atoms with van der Waals surface area (Å²) in [7, 11) is -3.27. The quantitative estimate of drug-likeness (QED) is 0.815. The normalized spacial score (nSPS) is 15.4. The first-order valence-corrected chi connectivity index (χ1v) is 9.96. The number of nitrogens with zero attached hydrogens (tertiary/aromatic N) is 2. The van der Waals surface area contributed by atoms with E-state index < -0.39 is 21.5 Å². The molecule has 0 radical (unpaired) electrons. The van der Waals surface area contributed by atoms with E-state index in [1.807, 2.05) is 0 Å². The highest BCUT2D eigenvalue weighted by Crippen LogP contribution is 2.18. The van der Waals surface area contributed by atoms with Crippen molar-refractivity contribution in [3.05, 3.63) is 29.8 Å². The number of hydrogen-bond acceptors (Lipinski definition) is 5. The largest absolute Gasteiger partial charge is 0.442 e. The van der Waals surface area contributed by atoms with Crippen molar-refractivity contribution in [3.8, 4) is 0 Å². The Balaban J connectivity index is 2.05. The van der Waals surface area contributed by atoms with Crippen LogP contribution in [0.1, 0.15) is 32.8 Å². The van der Waals surface area contributed by atoms with Crippen LogP contribution in [0, 0.1) is 0 Å². The molecule has 1 heterocycles. The van der Waals surface area contributed by atoms with Crippen molar-refractivity contribution in [2.75, 3.05) is 19.3 Å². The van der Waals surface area contributed by atoms with E-state index in [9.17, 15) is 18.0 Å². The van der Waals surface area contributed by atoms with E-state index in [1.54, 1.807) is 32.9 Å². The van der Waals surface area contributed by atoms with Crippen molar-refractivity contribution in [2.45, 2.75) is 44.1 Å². The Morgan fingerprint density at radius 2 is 1.64 bits per heavy atom. The van der Waals surface area contributed by atoms with Gasteiger partial charge in [-0.3, -0.25) is 4.79 Å². The van der Waals surface area contributed by atoms with Gasteiger partial charge < -0.3 is 4.74 Å². The highest BCUT2D eigenvalue weighted by molar-refractivity contribution is 7.90. The maximum Gasteiger partial charge on any atom is 0.429 e. The summed E-state index contributed by atoms with van der Waals surface area (Å²) in [5.74, 6) is -0.226. The van der Waals surface area contributed by atoms with Gasteiger partial charge in [0.05, 0.1) is 11.3 Å². The SMILES string of the molecule is CC(C)(C)OC(=O)N1CCCN1C(=O)Cc1ccc(S(C)(=O)=O)cc1. The van der Waals surface area contributed by atoms with Crippen LogP contribution in [0.4, 0.5) is 4.79 Å². The van der Waals surface area contributed by atoms with Crippen molar-refractivity contribution in [1.82, 2.24) is 10.0 Å². The number of carbonyl (C=O) groups excluding carboxylic acids is 2. The summed E-state index contributed by atoms with van der Waals surface area (Å²) in [6, 6.07) is 6.19. The van der Waals surface area contributed by atoms with E-state index in [1.165, 1.54) is 22.2 Å². The number of rotatable bonds is 3. The molecule has 1 aliphatic heterocycles. The minimum Gasteiger partial charge on any atom is -0.442 e. The van der Waals surface area contributed by atoms with Gasteiger partial charge in [-0.05, 0) is 44.9 Å². The molecule has 0 saturated carbocycles. The maximum absolute atomic E-state index is 12.5. The Kier molecular flexibility index (Phi) is 5.41. The van der Waals surface area contributed by atoms with Crippen molar-refractivity contribution in [2.24, 2.45) is 0 Å². The zero-order valence-corrected chi connectivity index (χ0v) is 15.8. The van der Waals surface area contributed by atoms with E-state index in [4.69, 9.17) is 4.74 Å². The van der Waals surface area contributed by atoms with Crippen LogP contribution in [0.3, 0.4) is 0 Å². The molecule has 2 rings (SSSR count). The maximum atomic E-state index is 12.5. The summed E-state index contributed by atoms with van der Waals surface area (Å²) in [6.45, 7) is 6.22. The molecular weight excluding hydrogens is 344 g/mol. The molecule has 138 valence electrons.